The lowest BCUT2D eigenvalue weighted by atomic mass is 9.99. The number of rotatable bonds is 5. The summed E-state index contributed by atoms with van der Waals surface area (Å²) in [4.78, 5) is 14.8. The van der Waals surface area contributed by atoms with Gasteiger partial charge >= 0.3 is 0 Å². The van der Waals surface area contributed by atoms with Crippen molar-refractivity contribution in [1.82, 2.24) is 10.2 Å². The highest BCUT2D eigenvalue weighted by Gasteiger charge is 2.41. The van der Waals surface area contributed by atoms with E-state index in [-0.39, 0.29) is 5.91 Å². The average molecular weight is 268 g/mol. The van der Waals surface area contributed by atoms with Gasteiger partial charge in [0.1, 0.15) is 5.60 Å². The molecule has 1 amide bonds. The molecule has 4 heteroatoms. The van der Waals surface area contributed by atoms with Crippen molar-refractivity contribution in [3.8, 4) is 0 Å². The second-order valence-corrected chi connectivity index (χ2v) is 6.58. The van der Waals surface area contributed by atoms with Gasteiger partial charge in [-0.15, -0.1) is 0 Å². The number of ether oxygens (including phenoxy) is 1. The van der Waals surface area contributed by atoms with Gasteiger partial charge in [0.25, 0.3) is 5.91 Å². The maximum atomic E-state index is 12.8. The van der Waals surface area contributed by atoms with E-state index in [2.05, 4.69) is 19.2 Å². The molecule has 0 bridgehead atoms. The van der Waals surface area contributed by atoms with Crippen molar-refractivity contribution in [3.05, 3.63) is 0 Å². The van der Waals surface area contributed by atoms with Gasteiger partial charge in [0.05, 0.1) is 0 Å². The van der Waals surface area contributed by atoms with Gasteiger partial charge in [-0.05, 0) is 45.1 Å². The van der Waals surface area contributed by atoms with E-state index in [9.17, 15) is 4.79 Å². The second-order valence-electron chi connectivity index (χ2n) is 6.58. The van der Waals surface area contributed by atoms with Crippen LogP contribution in [0.5, 0.6) is 0 Å². The monoisotopic (exact) mass is 268 g/mol. The van der Waals surface area contributed by atoms with Crippen LogP contribution in [0.1, 0.15) is 46.5 Å². The van der Waals surface area contributed by atoms with Gasteiger partial charge in [0, 0.05) is 25.7 Å². The van der Waals surface area contributed by atoms with Crippen LogP contribution in [-0.2, 0) is 9.53 Å². The van der Waals surface area contributed by atoms with Gasteiger partial charge in [-0.25, -0.2) is 0 Å². The molecule has 0 saturated carbocycles. The third-order valence-electron chi connectivity index (χ3n) is 4.15. The lowest BCUT2D eigenvalue weighted by Crippen LogP contribution is -2.51. The molecule has 2 heterocycles. The Bertz CT molecular complexity index is 305. The summed E-state index contributed by atoms with van der Waals surface area (Å²) in [6, 6.07) is 0.465. The van der Waals surface area contributed by atoms with Crippen LogP contribution in [0.25, 0.3) is 0 Å². The predicted octanol–water partition coefficient (Wildman–Crippen LogP) is 1.79. The standard InChI is InChI=1S/C15H28N2O2/c1-12(2)10-17(11-13-6-4-8-16-13)14(18)15(3)7-5-9-19-15/h12-13,16H,4-11H2,1-3H3. The summed E-state index contributed by atoms with van der Waals surface area (Å²) < 4.78 is 5.72. The Hall–Kier alpha value is -0.610. The third kappa shape index (κ3) is 3.69. The number of carbonyl (C=O) groups is 1. The van der Waals surface area contributed by atoms with Crippen molar-refractivity contribution in [2.75, 3.05) is 26.2 Å². The third-order valence-corrected chi connectivity index (χ3v) is 4.15. The molecule has 4 nitrogen and oxygen atoms in total. The molecule has 2 fully saturated rings. The van der Waals surface area contributed by atoms with Crippen LogP contribution < -0.4 is 5.32 Å². The molecule has 0 aromatic rings. The van der Waals surface area contributed by atoms with Crippen LogP contribution >= 0.6 is 0 Å². The van der Waals surface area contributed by atoms with E-state index in [1.54, 1.807) is 0 Å². The highest BCUT2D eigenvalue weighted by atomic mass is 16.5. The minimum atomic E-state index is -0.576. The van der Waals surface area contributed by atoms with Gasteiger partial charge in [-0.1, -0.05) is 13.8 Å². The lowest BCUT2D eigenvalue weighted by Gasteiger charge is -2.34. The van der Waals surface area contributed by atoms with E-state index in [1.807, 2.05) is 11.8 Å². The van der Waals surface area contributed by atoms with Crippen LogP contribution in [0.3, 0.4) is 0 Å². The Morgan fingerprint density at radius 1 is 1.47 bits per heavy atom. The summed E-state index contributed by atoms with van der Waals surface area (Å²) in [5.41, 5.74) is -0.576. The van der Waals surface area contributed by atoms with Gasteiger partial charge in [0.15, 0.2) is 0 Å². The van der Waals surface area contributed by atoms with E-state index < -0.39 is 5.60 Å². The Morgan fingerprint density at radius 3 is 2.79 bits per heavy atom. The summed E-state index contributed by atoms with van der Waals surface area (Å²) in [6.45, 7) is 9.76. The van der Waals surface area contributed by atoms with Gasteiger partial charge in [-0.3, -0.25) is 4.79 Å². The van der Waals surface area contributed by atoms with Gasteiger partial charge in [-0.2, -0.15) is 0 Å². The molecule has 0 aliphatic carbocycles. The smallest absolute Gasteiger partial charge is 0.254 e. The maximum Gasteiger partial charge on any atom is 0.254 e. The highest BCUT2D eigenvalue weighted by molar-refractivity contribution is 5.85. The van der Waals surface area contributed by atoms with Crippen LogP contribution in [0.2, 0.25) is 0 Å². The Kier molecular flexibility index (Phi) is 4.85. The topological polar surface area (TPSA) is 41.6 Å². The molecule has 110 valence electrons. The molecule has 2 atom stereocenters. The molecule has 1 N–H and O–H groups in total. The maximum absolute atomic E-state index is 12.8. The fourth-order valence-corrected chi connectivity index (χ4v) is 3.14. The SMILES string of the molecule is CC(C)CN(CC1CCCN1)C(=O)C1(C)CCCO1. The van der Waals surface area contributed by atoms with Crippen molar-refractivity contribution in [2.24, 2.45) is 5.92 Å². The Morgan fingerprint density at radius 2 is 2.26 bits per heavy atom. The summed E-state index contributed by atoms with van der Waals surface area (Å²) >= 11 is 0. The van der Waals surface area contributed by atoms with E-state index >= 15 is 0 Å². The first-order valence-electron chi connectivity index (χ1n) is 7.68. The molecule has 2 unspecified atom stereocenters. The zero-order valence-corrected chi connectivity index (χ0v) is 12.6. The molecular formula is C15H28N2O2. The number of hydrogen-bond acceptors (Lipinski definition) is 3. The van der Waals surface area contributed by atoms with Crippen LogP contribution in [0, 0.1) is 5.92 Å². The molecule has 2 rings (SSSR count). The fraction of sp³-hybridized carbons (Fsp3) is 0.933. The number of carbonyl (C=O) groups excluding carboxylic acids is 1. The van der Waals surface area contributed by atoms with Gasteiger partial charge in [0.2, 0.25) is 0 Å². The highest BCUT2D eigenvalue weighted by Crippen LogP contribution is 2.28. The predicted molar refractivity (Wildman–Crippen MR) is 76.0 cm³/mol. The van der Waals surface area contributed by atoms with Crippen LogP contribution in [0.15, 0.2) is 0 Å². The molecule has 0 radical (unpaired) electrons. The number of nitrogens with zero attached hydrogens (tertiary/aromatic N) is 1. The summed E-state index contributed by atoms with van der Waals surface area (Å²) in [5.74, 6) is 0.683. The molecule has 0 spiro atoms. The number of amides is 1. The summed E-state index contributed by atoms with van der Waals surface area (Å²) in [6.07, 6.45) is 4.26. The van der Waals surface area contributed by atoms with Crippen molar-refractivity contribution in [2.45, 2.75) is 58.1 Å². The minimum absolute atomic E-state index is 0.187. The first kappa shape index (κ1) is 14.8. The van der Waals surface area contributed by atoms with E-state index in [4.69, 9.17) is 4.74 Å². The van der Waals surface area contributed by atoms with Crippen molar-refractivity contribution >= 4 is 5.91 Å². The van der Waals surface area contributed by atoms with Crippen molar-refractivity contribution in [3.63, 3.8) is 0 Å². The van der Waals surface area contributed by atoms with Crippen molar-refractivity contribution < 1.29 is 9.53 Å². The fourth-order valence-electron chi connectivity index (χ4n) is 3.14. The van der Waals surface area contributed by atoms with Crippen LogP contribution in [0.4, 0.5) is 0 Å². The Balaban J connectivity index is 2.00. The van der Waals surface area contributed by atoms with E-state index in [0.717, 1.165) is 39.1 Å². The van der Waals surface area contributed by atoms with E-state index in [1.165, 1.54) is 12.8 Å². The second kappa shape index (κ2) is 6.23. The van der Waals surface area contributed by atoms with E-state index in [0.29, 0.717) is 12.0 Å². The molecule has 0 aromatic heterocycles. The Labute approximate surface area is 116 Å². The normalized spacial score (nSPS) is 31.1. The van der Waals surface area contributed by atoms with Crippen molar-refractivity contribution in [1.29, 1.82) is 0 Å². The first-order chi connectivity index (χ1) is 9.01. The first-order valence-corrected chi connectivity index (χ1v) is 7.68. The zero-order chi connectivity index (χ0) is 13.9. The average Bonchev–Trinajstić information content (AvgIpc) is 2.99. The molecular weight excluding hydrogens is 240 g/mol. The zero-order valence-electron chi connectivity index (χ0n) is 12.6. The molecule has 2 aliphatic rings. The molecule has 0 aromatic carbocycles. The molecule has 19 heavy (non-hydrogen) atoms. The number of nitrogens with one attached hydrogen (secondary N) is 1. The minimum Gasteiger partial charge on any atom is -0.365 e. The lowest BCUT2D eigenvalue weighted by molar-refractivity contribution is -0.151. The molecule has 2 saturated heterocycles. The number of hydrogen-bond donors (Lipinski definition) is 1. The quantitative estimate of drug-likeness (QED) is 0.826. The van der Waals surface area contributed by atoms with Crippen LogP contribution in [-0.4, -0.2) is 48.7 Å². The summed E-state index contributed by atoms with van der Waals surface area (Å²) in [5, 5.41) is 3.48. The van der Waals surface area contributed by atoms with Gasteiger partial charge < -0.3 is 15.0 Å². The largest absolute Gasteiger partial charge is 0.365 e. The summed E-state index contributed by atoms with van der Waals surface area (Å²) in [7, 11) is 0. The molecule has 2 aliphatic heterocycles.